The molecule has 13 heavy (non-hydrogen) atoms. The van der Waals surface area contributed by atoms with Crippen LogP contribution in [0.3, 0.4) is 0 Å². The number of carbonyl (C=O) groups is 1. The van der Waals surface area contributed by atoms with Gasteiger partial charge in [-0.3, -0.25) is 4.79 Å². The van der Waals surface area contributed by atoms with Crippen molar-refractivity contribution in [2.75, 3.05) is 0 Å². The van der Waals surface area contributed by atoms with E-state index in [9.17, 15) is 4.79 Å². The average Bonchev–Trinajstić information content (AvgIpc) is 2.07. The second-order valence-electron chi connectivity index (χ2n) is 2.68. The number of aliphatic carboxylic acids is 1. The molecule has 0 aromatic heterocycles. The lowest BCUT2D eigenvalue weighted by molar-refractivity contribution is -0.136. The third-order valence-corrected chi connectivity index (χ3v) is 3.38. The van der Waals surface area contributed by atoms with Crippen molar-refractivity contribution in [2.24, 2.45) is 0 Å². The van der Waals surface area contributed by atoms with Gasteiger partial charge in [-0.2, -0.15) is 0 Å². The summed E-state index contributed by atoms with van der Waals surface area (Å²) >= 11 is 6.45. The minimum absolute atomic E-state index is 0.174. The van der Waals surface area contributed by atoms with E-state index in [0.717, 1.165) is 14.0 Å². The predicted octanol–water partition coefficient (Wildman–Crippen LogP) is 2.60. The Bertz CT molecular complexity index is 325. The van der Waals surface area contributed by atoms with Gasteiger partial charge in [0.15, 0.2) is 0 Å². The van der Waals surface area contributed by atoms with Gasteiger partial charge < -0.3 is 5.11 Å². The topological polar surface area (TPSA) is 37.3 Å². The van der Waals surface area contributed by atoms with Crippen molar-refractivity contribution in [1.82, 2.24) is 0 Å². The van der Waals surface area contributed by atoms with E-state index in [1.165, 1.54) is 0 Å². The van der Waals surface area contributed by atoms with Gasteiger partial charge in [-0.05, 0) is 46.7 Å². The molecular weight excluding hydrogens is 299 g/mol. The lowest BCUT2D eigenvalue weighted by atomic mass is 10.1. The minimum atomic E-state index is -0.765. The van der Waals surface area contributed by atoms with E-state index in [1.54, 1.807) is 0 Å². The normalized spacial score (nSPS) is 10.0. The molecule has 0 spiro atoms. The SMILES string of the molecule is O=C(O)CCc1ccc(I)c(S)c1. The number of thiol groups is 1. The molecule has 0 fully saturated rings. The summed E-state index contributed by atoms with van der Waals surface area (Å²) in [4.78, 5) is 11.2. The molecule has 0 aliphatic heterocycles. The quantitative estimate of drug-likeness (QED) is 0.665. The molecule has 1 N–H and O–H groups in total. The van der Waals surface area contributed by atoms with Crippen LogP contribution in [-0.4, -0.2) is 11.1 Å². The lowest BCUT2D eigenvalue weighted by Crippen LogP contribution is -1.97. The molecule has 0 radical (unpaired) electrons. The summed E-state index contributed by atoms with van der Waals surface area (Å²) in [5, 5.41) is 8.48. The lowest BCUT2D eigenvalue weighted by Gasteiger charge is -2.01. The second-order valence-corrected chi connectivity index (χ2v) is 4.32. The van der Waals surface area contributed by atoms with Gasteiger partial charge in [0.1, 0.15) is 0 Å². The van der Waals surface area contributed by atoms with Crippen molar-refractivity contribution in [3.05, 3.63) is 27.3 Å². The molecule has 0 bridgehead atoms. The number of aryl methyl sites for hydroxylation is 1. The summed E-state index contributed by atoms with van der Waals surface area (Å²) in [6, 6.07) is 5.79. The molecule has 1 aromatic rings. The van der Waals surface area contributed by atoms with Gasteiger partial charge in [-0.15, -0.1) is 12.6 Å². The third kappa shape index (κ3) is 3.56. The Morgan fingerprint density at radius 1 is 1.54 bits per heavy atom. The smallest absolute Gasteiger partial charge is 0.303 e. The van der Waals surface area contributed by atoms with Crippen LogP contribution in [0.5, 0.6) is 0 Å². The molecule has 0 amide bonds. The molecule has 1 rings (SSSR count). The van der Waals surface area contributed by atoms with Crippen LogP contribution in [0.15, 0.2) is 23.1 Å². The molecule has 0 aliphatic carbocycles. The molecule has 0 unspecified atom stereocenters. The summed E-state index contributed by atoms with van der Waals surface area (Å²) in [6.45, 7) is 0. The summed E-state index contributed by atoms with van der Waals surface area (Å²) in [6.07, 6.45) is 0.744. The van der Waals surface area contributed by atoms with Crippen molar-refractivity contribution in [3.63, 3.8) is 0 Å². The molecule has 70 valence electrons. The van der Waals surface area contributed by atoms with Crippen LogP contribution >= 0.6 is 35.2 Å². The Labute approximate surface area is 95.9 Å². The first kappa shape index (κ1) is 10.8. The van der Waals surface area contributed by atoms with Crippen molar-refractivity contribution >= 4 is 41.2 Å². The molecule has 0 aliphatic rings. The number of halogens is 1. The first-order valence-corrected chi connectivity index (χ1v) is 5.31. The van der Waals surface area contributed by atoms with Gasteiger partial charge in [0.05, 0.1) is 0 Å². The maximum Gasteiger partial charge on any atom is 0.303 e. The van der Waals surface area contributed by atoms with E-state index in [2.05, 4.69) is 35.2 Å². The number of carboxylic acid groups (broad SMARTS) is 1. The fraction of sp³-hybridized carbons (Fsp3) is 0.222. The van der Waals surface area contributed by atoms with E-state index in [1.807, 2.05) is 18.2 Å². The highest BCUT2D eigenvalue weighted by Gasteiger charge is 2.01. The average molecular weight is 308 g/mol. The first-order valence-electron chi connectivity index (χ1n) is 3.79. The Kier molecular flexibility index (Phi) is 4.05. The molecule has 1 aromatic carbocycles. The molecule has 0 saturated heterocycles. The number of carboxylic acids is 1. The van der Waals surface area contributed by atoms with Crippen LogP contribution in [-0.2, 0) is 11.2 Å². The maximum atomic E-state index is 10.3. The van der Waals surface area contributed by atoms with E-state index >= 15 is 0 Å². The molecule has 0 atom stereocenters. The van der Waals surface area contributed by atoms with E-state index < -0.39 is 5.97 Å². The van der Waals surface area contributed by atoms with Crippen LogP contribution in [0.1, 0.15) is 12.0 Å². The molecular formula is C9H9IO2S. The minimum Gasteiger partial charge on any atom is -0.481 e. The van der Waals surface area contributed by atoms with Crippen molar-refractivity contribution < 1.29 is 9.90 Å². The van der Waals surface area contributed by atoms with Crippen LogP contribution in [0.2, 0.25) is 0 Å². The predicted molar refractivity (Wildman–Crippen MR) is 62.4 cm³/mol. The Morgan fingerprint density at radius 3 is 2.77 bits per heavy atom. The molecule has 4 heteroatoms. The van der Waals surface area contributed by atoms with Crippen LogP contribution in [0.25, 0.3) is 0 Å². The Hall–Kier alpha value is -0.230. The van der Waals surface area contributed by atoms with Crippen LogP contribution < -0.4 is 0 Å². The Balaban J connectivity index is 2.68. The summed E-state index contributed by atoms with van der Waals surface area (Å²) in [7, 11) is 0. The van der Waals surface area contributed by atoms with E-state index in [-0.39, 0.29) is 6.42 Å². The zero-order chi connectivity index (χ0) is 9.84. The van der Waals surface area contributed by atoms with Gasteiger partial charge in [-0.1, -0.05) is 6.07 Å². The van der Waals surface area contributed by atoms with E-state index in [0.29, 0.717) is 6.42 Å². The first-order chi connectivity index (χ1) is 6.09. The van der Waals surface area contributed by atoms with Gasteiger partial charge in [0.2, 0.25) is 0 Å². The van der Waals surface area contributed by atoms with Gasteiger partial charge in [-0.25, -0.2) is 0 Å². The molecule has 2 nitrogen and oxygen atoms in total. The van der Waals surface area contributed by atoms with Crippen LogP contribution in [0.4, 0.5) is 0 Å². The Morgan fingerprint density at radius 2 is 2.23 bits per heavy atom. The molecule has 0 heterocycles. The maximum absolute atomic E-state index is 10.3. The van der Waals surface area contributed by atoms with Gasteiger partial charge >= 0.3 is 5.97 Å². The number of rotatable bonds is 3. The largest absolute Gasteiger partial charge is 0.481 e. The summed E-state index contributed by atoms with van der Waals surface area (Å²) in [5.41, 5.74) is 1.02. The fourth-order valence-electron chi connectivity index (χ4n) is 0.965. The van der Waals surface area contributed by atoms with Crippen molar-refractivity contribution in [3.8, 4) is 0 Å². The number of hydrogen-bond acceptors (Lipinski definition) is 2. The zero-order valence-electron chi connectivity index (χ0n) is 6.83. The van der Waals surface area contributed by atoms with E-state index in [4.69, 9.17) is 5.11 Å². The highest BCUT2D eigenvalue weighted by atomic mass is 127. The molecule has 0 saturated carbocycles. The fourth-order valence-corrected chi connectivity index (χ4v) is 1.54. The van der Waals surface area contributed by atoms with Crippen molar-refractivity contribution in [1.29, 1.82) is 0 Å². The number of hydrogen-bond donors (Lipinski definition) is 2. The van der Waals surface area contributed by atoms with Gasteiger partial charge in [0.25, 0.3) is 0 Å². The summed E-state index contributed by atoms with van der Waals surface area (Å²) in [5.74, 6) is -0.765. The van der Waals surface area contributed by atoms with Crippen LogP contribution in [0, 0.1) is 3.57 Å². The number of benzene rings is 1. The zero-order valence-corrected chi connectivity index (χ0v) is 9.88. The van der Waals surface area contributed by atoms with Crippen molar-refractivity contribution in [2.45, 2.75) is 17.7 Å². The standard InChI is InChI=1S/C9H9IO2S/c10-7-3-1-6(5-8(7)13)2-4-9(11)12/h1,3,5,13H,2,4H2,(H,11,12). The highest BCUT2D eigenvalue weighted by Crippen LogP contribution is 2.18. The summed E-state index contributed by atoms with van der Waals surface area (Å²) < 4.78 is 1.08. The highest BCUT2D eigenvalue weighted by molar-refractivity contribution is 14.1. The second kappa shape index (κ2) is 4.85. The third-order valence-electron chi connectivity index (χ3n) is 1.64. The van der Waals surface area contributed by atoms with Gasteiger partial charge in [0, 0.05) is 14.9 Å². The monoisotopic (exact) mass is 308 g/mol.